The molecule has 0 saturated carbocycles. The van der Waals surface area contributed by atoms with Crippen molar-refractivity contribution in [2.45, 2.75) is 53.0 Å². The van der Waals surface area contributed by atoms with Gasteiger partial charge in [-0.3, -0.25) is 4.99 Å². The molecule has 0 N–H and O–H groups in total. The van der Waals surface area contributed by atoms with Crippen molar-refractivity contribution in [3.05, 3.63) is 46.2 Å². The van der Waals surface area contributed by atoms with Gasteiger partial charge in [-0.2, -0.15) is 0 Å². The summed E-state index contributed by atoms with van der Waals surface area (Å²) in [6.07, 6.45) is 12.9. The summed E-state index contributed by atoms with van der Waals surface area (Å²) in [5, 5.41) is 0. The third-order valence-electron chi connectivity index (χ3n) is 6.50. The van der Waals surface area contributed by atoms with Crippen molar-refractivity contribution < 1.29 is 0 Å². The van der Waals surface area contributed by atoms with Crippen LogP contribution in [-0.2, 0) is 0 Å². The second-order valence-electron chi connectivity index (χ2n) is 7.99. The van der Waals surface area contributed by atoms with Crippen molar-refractivity contribution in [1.82, 2.24) is 4.90 Å². The normalized spacial score (nSPS) is 37.5. The lowest BCUT2D eigenvalue weighted by Gasteiger charge is -2.46. The number of likely N-dealkylation sites (tertiary alicyclic amines) is 1. The van der Waals surface area contributed by atoms with Crippen molar-refractivity contribution in [3.8, 4) is 0 Å². The monoisotopic (exact) mass is 308 g/mol. The molecule has 2 nitrogen and oxygen atoms in total. The lowest BCUT2D eigenvalue weighted by Crippen LogP contribution is -2.46. The molecule has 2 aliphatic heterocycles. The standard InChI is InChI=1S/C21H28N2/c1-14(2)9-11-23-19-8-7-18-16-6-5-10-22-13-21(18,4)15(3)20(23)12-17(16)19/h5-6,9,13,15,20H,7-8,10-12H2,1-4H3/b6-5-,22-13-. The number of aliphatic imine (C=N–C) groups is 1. The fraction of sp³-hybridized carbons (Fsp3) is 0.571. The Balaban J connectivity index is 1.89. The summed E-state index contributed by atoms with van der Waals surface area (Å²) in [5.41, 5.74) is 7.99. The zero-order valence-electron chi connectivity index (χ0n) is 14.9. The van der Waals surface area contributed by atoms with Gasteiger partial charge in [0, 0.05) is 29.9 Å². The zero-order chi connectivity index (χ0) is 16.2. The smallest absolute Gasteiger partial charge is 0.0570 e. The fourth-order valence-electron chi connectivity index (χ4n) is 5.01. The van der Waals surface area contributed by atoms with Gasteiger partial charge in [-0.25, -0.2) is 0 Å². The van der Waals surface area contributed by atoms with E-state index in [-0.39, 0.29) is 5.41 Å². The van der Waals surface area contributed by atoms with E-state index in [4.69, 9.17) is 4.99 Å². The van der Waals surface area contributed by atoms with Crippen LogP contribution in [0.5, 0.6) is 0 Å². The minimum atomic E-state index is 0.113. The topological polar surface area (TPSA) is 15.6 Å². The summed E-state index contributed by atoms with van der Waals surface area (Å²) < 4.78 is 0. The van der Waals surface area contributed by atoms with Crippen molar-refractivity contribution in [1.29, 1.82) is 0 Å². The predicted molar refractivity (Wildman–Crippen MR) is 97.6 cm³/mol. The molecule has 4 aliphatic rings. The van der Waals surface area contributed by atoms with E-state index in [1.54, 1.807) is 22.4 Å². The maximum absolute atomic E-state index is 4.72. The molecular weight excluding hydrogens is 280 g/mol. The number of fused-ring (bicyclic) bond motifs is 1. The highest BCUT2D eigenvalue weighted by molar-refractivity contribution is 5.75. The lowest BCUT2D eigenvalue weighted by molar-refractivity contribution is 0.162. The van der Waals surface area contributed by atoms with Gasteiger partial charge in [0.05, 0.1) is 6.54 Å². The van der Waals surface area contributed by atoms with Gasteiger partial charge in [-0.1, -0.05) is 43.2 Å². The Labute approximate surface area is 140 Å². The van der Waals surface area contributed by atoms with Gasteiger partial charge in [0.15, 0.2) is 0 Å². The summed E-state index contributed by atoms with van der Waals surface area (Å²) >= 11 is 0. The van der Waals surface area contributed by atoms with Crippen molar-refractivity contribution >= 4 is 6.21 Å². The van der Waals surface area contributed by atoms with Crippen LogP contribution in [-0.4, -0.2) is 30.2 Å². The summed E-state index contributed by atoms with van der Waals surface area (Å²) in [6, 6.07) is 0.617. The molecule has 0 amide bonds. The molecule has 2 aliphatic carbocycles. The van der Waals surface area contributed by atoms with Crippen LogP contribution < -0.4 is 0 Å². The van der Waals surface area contributed by atoms with Crippen molar-refractivity contribution in [3.63, 3.8) is 0 Å². The highest BCUT2D eigenvalue weighted by Gasteiger charge is 2.50. The third-order valence-corrected chi connectivity index (χ3v) is 6.50. The molecule has 2 heteroatoms. The second-order valence-corrected chi connectivity index (χ2v) is 7.99. The Morgan fingerprint density at radius 2 is 2.22 bits per heavy atom. The largest absolute Gasteiger partial charge is 0.367 e. The van der Waals surface area contributed by atoms with Crippen molar-refractivity contribution in [2.75, 3.05) is 13.1 Å². The second kappa shape index (κ2) is 5.22. The van der Waals surface area contributed by atoms with Crippen LogP contribution in [0, 0.1) is 11.3 Å². The van der Waals surface area contributed by atoms with Crippen LogP contribution in [0.4, 0.5) is 0 Å². The number of rotatable bonds is 2. The highest BCUT2D eigenvalue weighted by Crippen LogP contribution is 2.56. The predicted octanol–water partition coefficient (Wildman–Crippen LogP) is 4.67. The third kappa shape index (κ3) is 2.10. The average molecular weight is 308 g/mol. The first-order valence-electron chi connectivity index (χ1n) is 9.06. The maximum atomic E-state index is 4.72. The van der Waals surface area contributed by atoms with E-state index in [0.717, 1.165) is 13.1 Å². The minimum Gasteiger partial charge on any atom is -0.367 e. The SMILES string of the molecule is CC(C)=CCN1C2=C3CC1C(C)C1(C)/C=N\C/C=C\C3=C1CC2. The molecule has 2 heterocycles. The van der Waals surface area contributed by atoms with Gasteiger partial charge < -0.3 is 4.90 Å². The van der Waals surface area contributed by atoms with Crippen LogP contribution in [0.1, 0.15) is 47.0 Å². The first-order valence-corrected chi connectivity index (χ1v) is 9.06. The van der Waals surface area contributed by atoms with E-state index in [1.165, 1.54) is 24.8 Å². The lowest BCUT2D eigenvalue weighted by atomic mass is 9.66. The minimum absolute atomic E-state index is 0.113. The molecule has 23 heavy (non-hydrogen) atoms. The molecule has 3 atom stereocenters. The molecule has 0 aromatic carbocycles. The molecule has 122 valence electrons. The first-order chi connectivity index (χ1) is 11.0. The average Bonchev–Trinajstić information content (AvgIpc) is 2.85. The van der Waals surface area contributed by atoms with Gasteiger partial charge in [0.2, 0.25) is 0 Å². The summed E-state index contributed by atoms with van der Waals surface area (Å²) in [6.45, 7) is 11.2. The number of hydrogen-bond donors (Lipinski definition) is 0. The van der Waals surface area contributed by atoms with Crippen LogP contribution >= 0.6 is 0 Å². The van der Waals surface area contributed by atoms with Crippen LogP contribution in [0.25, 0.3) is 0 Å². The quantitative estimate of drug-likeness (QED) is 0.677. The van der Waals surface area contributed by atoms with Crippen LogP contribution in [0.3, 0.4) is 0 Å². The van der Waals surface area contributed by atoms with E-state index >= 15 is 0 Å². The Hall–Kier alpha value is -1.57. The van der Waals surface area contributed by atoms with Gasteiger partial charge in [0.1, 0.15) is 0 Å². The first kappa shape index (κ1) is 15.0. The summed E-state index contributed by atoms with van der Waals surface area (Å²) in [4.78, 5) is 7.43. The zero-order valence-corrected chi connectivity index (χ0v) is 14.9. The van der Waals surface area contributed by atoms with Crippen LogP contribution in [0.2, 0.25) is 0 Å². The molecule has 0 saturated heterocycles. The van der Waals surface area contributed by atoms with E-state index < -0.39 is 0 Å². The Kier molecular flexibility index (Phi) is 3.40. The Bertz CT molecular complexity index is 685. The molecule has 0 aromatic rings. The molecule has 0 fully saturated rings. The fourth-order valence-corrected chi connectivity index (χ4v) is 5.01. The van der Waals surface area contributed by atoms with E-state index in [1.807, 2.05) is 0 Å². The number of allylic oxidation sites excluding steroid dienone is 5. The molecule has 4 rings (SSSR count). The van der Waals surface area contributed by atoms with Crippen molar-refractivity contribution in [2.24, 2.45) is 16.3 Å². The molecule has 0 radical (unpaired) electrons. The number of nitrogens with zero attached hydrogens (tertiary/aromatic N) is 2. The van der Waals surface area contributed by atoms with Gasteiger partial charge >= 0.3 is 0 Å². The Morgan fingerprint density at radius 3 is 3.00 bits per heavy atom. The van der Waals surface area contributed by atoms with Gasteiger partial charge in [-0.15, -0.1) is 0 Å². The van der Waals surface area contributed by atoms with Gasteiger partial charge in [0.25, 0.3) is 0 Å². The van der Waals surface area contributed by atoms with E-state index in [0.29, 0.717) is 12.0 Å². The highest BCUT2D eigenvalue weighted by atomic mass is 15.2. The summed E-state index contributed by atoms with van der Waals surface area (Å²) in [7, 11) is 0. The number of hydrogen-bond acceptors (Lipinski definition) is 2. The van der Waals surface area contributed by atoms with E-state index in [2.05, 4.69) is 57.0 Å². The van der Waals surface area contributed by atoms with Gasteiger partial charge in [-0.05, 0) is 50.2 Å². The molecule has 3 unspecified atom stereocenters. The molecular formula is C21H28N2. The Morgan fingerprint density at radius 1 is 1.39 bits per heavy atom. The maximum Gasteiger partial charge on any atom is 0.0570 e. The summed E-state index contributed by atoms with van der Waals surface area (Å²) in [5.74, 6) is 0.601. The molecule has 0 spiro atoms. The molecule has 5 bridgehead atoms. The van der Waals surface area contributed by atoms with E-state index in [9.17, 15) is 0 Å². The molecule has 0 aromatic heterocycles. The van der Waals surface area contributed by atoms with Crippen LogP contribution in [0.15, 0.2) is 51.2 Å².